The van der Waals surface area contributed by atoms with Crippen LogP contribution in [0.3, 0.4) is 0 Å². The molecule has 5 nitrogen and oxygen atoms in total. The summed E-state index contributed by atoms with van der Waals surface area (Å²) in [6.07, 6.45) is 3.10. The van der Waals surface area contributed by atoms with E-state index in [2.05, 4.69) is 10.6 Å². The molecule has 1 fully saturated rings. The van der Waals surface area contributed by atoms with Crippen LogP contribution in [0.2, 0.25) is 0 Å². The van der Waals surface area contributed by atoms with Gasteiger partial charge >= 0.3 is 11.8 Å². The molecule has 0 atom stereocenters. The number of nitrogens with two attached hydrogens (primary N) is 1. The molecule has 0 aromatic carbocycles. The number of carbonyl (C=O) groups is 2. The van der Waals surface area contributed by atoms with Crippen molar-refractivity contribution < 1.29 is 9.59 Å². The maximum absolute atomic E-state index is 11.1. The summed E-state index contributed by atoms with van der Waals surface area (Å²) in [5.41, 5.74) is 5.17. The van der Waals surface area contributed by atoms with Crippen LogP contribution in [-0.2, 0) is 9.59 Å². The van der Waals surface area contributed by atoms with Crippen molar-refractivity contribution in [3.05, 3.63) is 0 Å². The molecule has 0 spiro atoms. The summed E-state index contributed by atoms with van der Waals surface area (Å²) < 4.78 is 0. The number of rotatable bonds is 3. The van der Waals surface area contributed by atoms with Gasteiger partial charge in [-0.3, -0.25) is 9.59 Å². The van der Waals surface area contributed by atoms with Gasteiger partial charge in [0.25, 0.3) is 0 Å². The minimum Gasteiger partial charge on any atom is -0.347 e. The van der Waals surface area contributed by atoms with Crippen LogP contribution in [0.4, 0.5) is 0 Å². The summed E-state index contributed by atoms with van der Waals surface area (Å²) in [5, 5.41) is 5.04. The summed E-state index contributed by atoms with van der Waals surface area (Å²) in [7, 11) is 0. The molecule has 1 saturated carbocycles. The molecule has 0 heterocycles. The molecule has 74 valence electrons. The second kappa shape index (κ2) is 4.81. The third-order valence-corrected chi connectivity index (χ3v) is 2.08. The maximum Gasteiger partial charge on any atom is 0.309 e. The van der Waals surface area contributed by atoms with Crippen molar-refractivity contribution in [2.75, 3.05) is 13.1 Å². The van der Waals surface area contributed by atoms with E-state index in [4.69, 9.17) is 5.73 Å². The van der Waals surface area contributed by atoms with Crippen LogP contribution < -0.4 is 16.4 Å². The van der Waals surface area contributed by atoms with Gasteiger partial charge in [-0.15, -0.1) is 0 Å². The molecular weight excluding hydrogens is 170 g/mol. The molecule has 0 aromatic rings. The monoisotopic (exact) mass is 185 g/mol. The van der Waals surface area contributed by atoms with E-state index in [1.165, 1.54) is 0 Å². The topological polar surface area (TPSA) is 84.2 Å². The van der Waals surface area contributed by atoms with Crippen LogP contribution in [-0.4, -0.2) is 30.9 Å². The highest BCUT2D eigenvalue weighted by atomic mass is 16.2. The molecule has 0 aromatic heterocycles. The first-order valence-electron chi connectivity index (χ1n) is 4.53. The lowest BCUT2D eigenvalue weighted by molar-refractivity contribution is -0.139. The van der Waals surface area contributed by atoms with Crippen molar-refractivity contribution in [1.82, 2.24) is 10.6 Å². The van der Waals surface area contributed by atoms with Gasteiger partial charge < -0.3 is 16.4 Å². The van der Waals surface area contributed by atoms with Gasteiger partial charge in [-0.05, 0) is 19.3 Å². The summed E-state index contributed by atoms with van der Waals surface area (Å²) in [4.78, 5) is 22.1. The largest absolute Gasteiger partial charge is 0.347 e. The Labute approximate surface area is 77.1 Å². The molecule has 1 rings (SSSR count). The Kier molecular flexibility index (Phi) is 3.70. The first-order valence-corrected chi connectivity index (χ1v) is 4.53. The Morgan fingerprint density at radius 2 is 2.00 bits per heavy atom. The highest BCUT2D eigenvalue weighted by Crippen LogP contribution is 2.17. The van der Waals surface area contributed by atoms with Crippen LogP contribution in [0.15, 0.2) is 0 Å². The van der Waals surface area contributed by atoms with E-state index in [1.807, 2.05) is 0 Å². The molecule has 0 saturated heterocycles. The van der Waals surface area contributed by atoms with Gasteiger partial charge in [0.05, 0.1) is 0 Å². The van der Waals surface area contributed by atoms with Crippen molar-refractivity contribution in [2.45, 2.75) is 25.3 Å². The van der Waals surface area contributed by atoms with E-state index in [9.17, 15) is 9.59 Å². The quantitative estimate of drug-likeness (QED) is 0.479. The summed E-state index contributed by atoms with van der Waals surface area (Å²) in [5.74, 6) is -1.13. The third-order valence-electron chi connectivity index (χ3n) is 2.08. The average Bonchev–Trinajstić information content (AvgIpc) is 2.06. The highest BCUT2D eigenvalue weighted by molar-refractivity contribution is 6.35. The Balaban J connectivity index is 2.17. The maximum atomic E-state index is 11.1. The Morgan fingerprint density at radius 3 is 2.46 bits per heavy atom. The predicted octanol–water partition coefficient (Wildman–Crippen LogP) is -1.27. The second-order valence-electron chi connectivity index (χ2n) is 3.15. The number of hydrogen-bond acceptors (Lipinski definition) is 3. The molecule has 4 N–H and O–H groups in total. The van der Waals surface area contributed by atoms with E-state index in [0.717, 1.165) is 19.3 Å². The number of hydrogen-bond donors (Lipinski definition) is 3. The Hall–Kier alpha value is -1.10. The van der Waals surface area contributed by atoms with Gasteiger partial charge in [-0.2, -0.15) is 0 Å². The van der Waals surface area contributed by atoms with E-state index < -0.39 is 11.8 Å². The molecule has 1 aliphatic rings. The highest BCUT2D eigenvalue weighted by Gasteiger charge is 2.22. The van der Waals surface area contributed by atoms with E-state index in [-0.39, 0.29) is 6.04 Å². The SMILES string of the molecule is NCCNC(=O)C(=O)NC1CCC1. The van der Waals surface area contributed by atoms with Crippen molar-refractivity contribution in [2.24, 2.45) is 5.73 Å². The second-order valence-corrected chi connectivity index (χ2v) is 3.15. The fraction of sp³-hybridized carbons (Fsp3) is 0.750. The normalized spacial score (nSPS) is 16.1. The molecule has 5 heteroatoms. The first kappa shape index (κ1) is 9.98. The van der Waals surface area contributed by atoms with Crippen LogP contribution in [0.5, 0.6) is 0 Å². The number of nitrogens with one attached hydrogen (secondary N) is 2. The van der Waals surface area contributed by atoms with Crippen LogP contribution in [0.1, 0.15) is 19.3 Å². The standard InChI is InChI=1S/C8H15N3O2/c9-4-5-10-7(12)8(13)11-6-2-1-3-6/h6H,1-5,9H2,(H,10,12)(H,11,13). The first-order chi connectivity index (χ1) is 6.24. The summed E-state index contributed by atoms with van der Waals surface area (Å²) >= 11 is 0. The zero-order chi connectivity index (χ0) is 9.68. The van der Waals surface area contributed by atoms with Gasteiger partial charge in [0.1, 0.15) is 0 Å². The zero-order valence-electron chi connectivity index (χ0n) is 7.51. The van der Waals surface area contributed by atoms with Crippen molar-refractivity contribution >= 4 is 11.8 Å². The molecule has 0 unspecified atom stereocenters. The lowest BCUT2D eigenvalue weighted by atomic mass is 9.93. The number of amides is 2. The summed E-state index contributed by atoms with van der Waals surface area (Å²) in [6, 6.07) is 0.205. The molecule has 2 amide bonds. The van der Waals surface area contributed by atoms with Gasteiger partial charge in [0.2, 0.25) is 0 Å². The lowest BCUT2D eigenvalue weighted by Gasteiger charge is -2.25. The van der Waals surface area contributed by atoms with Gasteiger partial charge in [-0.1, -0.05) is 0 Å². The third kappa shape index (κ3) is 3.02. The smallest absolute Gasteiger partial charge is 0.309 e. The Bertz CT molecular complexity index is 202. The molecule has 13 heavy (non-hydrogen) atoms. The van der Waals surface area contributed by atoms with Crippen molar-refractivity contribution in [3.63, 3.8) is 0 Å². The van der Waals surface area contributed by atoms with Gasteiger partial charge in [0, 0.05) is 19.1 Å². The fourth-order valence-electron chi connectivity index (χ4n) is 1.07. The predicted molar refractivity (Wildman–Crippen MR) is 47.8 cm³/mol. The van der Waals surface area contributed by atoms with Gasteiger partial charge in [0.15, 0.2) is 0 Å². The van der Waals surface area contributed by atoms with E-state index in [0.29, 0.717) is 13.1 Å². The summed E-state index contributed by atoms with van der Waals surface area (Å²) in [6.45, 7) is 0.694. The fourth-order valence-corrected chi connectivity index (χ4v) is 1.07. The van der Waals surface area contributed by atoms with Crippen molar-refractivity contribution in [1.29, 1.82) is 0 Å². The lowest BCUT2D eigenvalue weighted by Crippen LogP contribution is -2.47. The number of carbonyl (C=O) groups excluding carboxylic acids is 2. The zero-order valence-corrected chi connectivity index (χ0v) is 7.51. The van der Waals surface area contributed by atoms with Crippen LogP contribution >= 0.6 is 0 Å². The molecule has 0 bridgehead atoms. The molecular formula is C8H15N3O2. The average molecular weight is 185 g/mol. The Morgan fingerprint density at radius 1 is 1.31 bits per heavy atom. The van der Waals surface area contributed by atoms with Crippen LogP contribution in [0.25, 0.3) is 0 Å². The van der Waals surface area contributed by atoms with Crippen LogP contribution in [0, 0.1) is 0 Å². The molecule has 0 aliphatic heterocycles. The van der Waals surface area contributed by atoms with Crippen molar-refractivity contribution in [3.8, 4) is 0 Å². The van der Waals surface area contributed by atoms with E-state index in [1.54, 1.807) is 0 Å². The minimum absolute atomic E-state index is 0.205. The van der Waals surface area contributed by atoms with E-state index >= 15 is 0 Å². The van der Waals surface area contributed by atoms with Gasteiger partial charge in [-0.25, -0.2) is 0 Å². The molecule has 0 radical (unpaired) electrons. The molecule has 1 aliphatic carbocycles. The minimum atomic E-state index is -0.586.